The number of para-hydroxylation sites is 2. The van der Waals surface area contributed by atoms with Gasteiger partial charge in [-0.15, -0.1) is 0 Å². The molecule has 0 aliphatic heterocycles. The fourth-order valence-electron chi connectivity index (χ4n) is 7.55. The smallest absolute Gasteiger partial charge is 0.744 e. The van der Waals surface area contributed by atoms with Crippen molar-refractivity contribution in [3.63, 3.8) is 0 Å². The number of ether oxygens (including phenoxy) is 2. The average molecular weight is 931 g/mol. The molecule has 0 saturated carbocycles. The summed E-state index contributed by atoms with van der Waals surface area (Å²) in [7, 11) is -9.21. The zero-order valence-corrected chi connectivity index (χ0v) is 42.3. The van der Waals surface area contributed by atoms with Crippen molar-refractivity contribution in [2.75, 3.05) is 0 Å². The molecule has 11 heteroatoms. The first kappa shape index (κ1) is 56.7. The first-order valence-corrected chi connectivity index (χ1v) is 26.5. The van der Waals surface area contributed by atoms with Gasteiger partial charge < -0.3 is 18.6 Å². The summed E-state index contributed by atoms with van der Waals surface area (Å²) in [4.78, 5) is -0.569. The van der Waals surface area contributed by atoms with E-state index in [1.165, 1.54) is 141 Å². The third-order valence-corrected chi connectivity index (χ3v) is 12.9. The minimum Gasteiger partial charge on any atom is -0.744 e. The maximum Gasteiger partial charge on any atom is 2.00 e. The minimum atomic E-state index is -4.61. The third kappa shape index (κ3) is 25.7. The fourth-order valence-corrected chi connectivity index (χ4v) is 8.85. The first-order valence-electron chi connectivity index (χ1n) is 23.6. The molecule has 0 radical (unpaired) electrons. The molecule has 0 amide bonds. The number of aryl methyl sites for hydroxylation is 2. The van der Waals surface area contributed by atoms with Crippen molar-refractivity contribution in [3.8, 4) is 23.0 Å². The SMILES string of the molecule is CCCCCCCCCCCCCCc1ccc(Oc2ccccc2)c(S(=O)(=O)[O-])c1.CCCCCCCCCCCCCCc1ccc(Oc2ccccc2)c(S(=O)(=O)[O-])c1.[Ca+2]. The summed E-state index contributed by atoms with van der Waals surface area (Å²) in [5.41, 5.74) is 1.73. The maximum atomic E-state index is 11.7. The molecule has 344 valence electrons. The molecule has 8 nitrogen and oxygen atoms in total. The molecular formula is C52H74CaO8S2. The number of rotatable bonds is 32. The molecule has 0 aromatic heterocycles. The summed E-state index contributed by atoms with van der Waals surface area (Å²) in [6.07, 6.45) is 32.3. The Morgan fingerprint density at radius 1 is 0.381 bits per heavy atom. The minimum absolute atomic E-state index is 0. The summed E-state index contributed by atoms with van der Waals surface area (Å²) >= 11 is 0. The van der Waals surface area contributed by atoms with Gasteiger partial charge >= 0.3 is 37.7 Å². The van der Waals surface area contributed by atoms with Crippen molar-refractivity contribution in [1.29, 1.82) is 0 Å². The van der Waals surface area contributed by atoms with Gasteiger partial charge in [0.2, 0.25) is 0 Å². The van der Waals surface area contributed by atoms with Gasteiger partial charge in [-0.1, -0.05) is 204 Å². The predicted molar refractivity (Wildman–Crippen MR) is 257 cm³/mol. The van der Waals surface area contributed by atoms with E-state index in [4.69, 9.17) is 9.47 Å². The van der Waals surface area contributed by atoms with Crippen molar-refractivity contribution >= 4 is 58.0 Å². The second kappa shape index (κ2) is 34.0. The third-order valence-electron chi connectivity index (χ3n) is 11.1. The number of unbranched alkanes of at least 4 members (excludes halogenated alkanes) is 22. The summed E-state index contributed by atoms with van der Waals surface area (Å²) in [5, 5.41) is 0. The molecule has 0 fully saturated rings. The van der Waals surface area contributed by atoms with Crippen molar-refractivity contribution in [2.24, 2.45) is 0 Å². The monoisotopic (exact) mass is 930 g/mol. The second-order valence-corrected chi connectivity index (χ2v) is 19.3. The predicted octanol–water partition coefficient (Wildman–Crippen LogP) is 14.9. The van der Waals surface area contributed by atoms with Crippen LogP contribution in [0.3, 0.4) is 0 Å². The molecule has 0 heterocycles. The van der Waals surface area contributed by atoms with E-state index in [1.807, 2.05) is 24.3 Å². The van der Waals surface area contributed by atoms with Crippen LogP contribution < -0.4 is 9.47 Å². The van der Waals surface area contributed by atoms with E-state index in [1.54, 1.807) is 60.7 Å². The Balaban J connectivity index is 0.000000427. The van der Waals surface area contributed by atoms with Crippen LogP contribution in [0.25, 0.3) is 0 Å². The molecule has 4 aromatic carbocycles. The molecule has 4 rings (SSSR count). The fraction of sp³-hybridized carbons (Fsp3) is 0.538. The Morgan fingerprint density at radius 3 is 0.921 bits per heavy atom. The summed E-state index contributed by atoms with van der Waals surface area (Å²) in [6, 6.07) is 27.6. The molecule has 0 unspecified atom stereocenters. The molecule has 0 N–H and O–H groups in total. The van der Waals surface area contributed by atoms with Crippen molar-refractivity contribution in [3.05, 3.63) is 108 Å². The van der Waals surface area contributed by atoms with Gasteiger partial charge in [0, 0.05) is 0 Å². The standard InChI is InChI=1S/2C26H38O4S.Ca/c2*1-2-3-4-5-6-7-8-9-10-11-12-14-17-23-20-21-25(26(22-23)31(27,28)29)30-24-18-15-13-16-19-24;/h2*13,15-16,18-22H,2-12,14,17H2,1H3,(H,27,28,29);/q;;+2/p-2. The second-order valence-electron chi connectivity index (χ2n) is 16.6. The van der Waals surface area contributed by atoms with Crippen LogP contribution in [-0.2, 0) is 33.1 Å². The van der Waals surface area contributed by atoms with Crippen LogP contribution in [0.15, 0.2) is 107 Å². The van der Waals surface area contributed by atoms with Crippen LogP contribution in [0.2, 0.25) is 0 Å². The van der Waals surface area contributed by atoms with Gasteiger partial charge in [-0.3, -0.25) is 0 Å². The molecule has 63 heavy (non-hydrogen) atoms. The quantitative estimate of drug-likeness (QED) is 0.0269. The molecule has 0 spiro atoms. The topological polar surface area (TPSA) is 133 Å². The molecular weight excluding hydrogens is 857 g/mol. The van der Waals surface area contributed by atoms with E-state index in [0.717, 1.165) is 49.7 Å². The number of hydrogen-bond donors (Lipinski definition) is 0. The number of hydrogen-bond acceptors (Lipinski definition) is 8. The van der Waals surface area contributed by atoms with E-state index in [-0.39, 0.29) is 59.0 Å². The zero-order valence-electron chi connectivity index (χ0n) is 38.4. The van der Waals surface area contributed by atoms with Crippen molar-refractivity contribution in [2.45, 2.75) is 191 Å². The molecule has 0 saturated heterocycles. The Labute approximate surface area is 411 Å². The Bertz CT molecular complexity index is 1850. The largest absolute Gasteiger partial charge is 2.00 e. The van der Waals surface area contributed by atoms with Crippen LogP contribution in [0.5, 0.6) is 23.0 Å². The van der Waals surface area contributed by atoms with E-state index in [9.17, 15) is 25.9 Å². The normalized spacial score (nSPS) is 11.4. The van der Waals surface area contributed by atoms with Crippen LogP contribution in [-0.4, -0.2) is 63.7 Å². The average Bonchev–Trinajstić information content (AvgIpc) is 3.25. The van der Waals surface area contributed by atoms with Crippen LogP contribution >= 0.6 is 0 Å². The van der Waals surface area contributed by atoms with Gasteiger partial charge in [0.1, 0.15) is 43.2 Å². The van der Waals surface area contributed by atoms with Gasteiger partial charge in [0.05, 0.1) is 9.79 Å². The van der Waals surface area contributed by atoms with Crippen molar-refractivity contribution in [1.82, 2.24) is 0 Å². The molecule has 4 aromatic rings. The van der Waals surface area contributed by atoms with Gasteiger partial charge in [0.25, 0.3) is 0 Å². The van der Waals surface area contributed by atoms with Gasteiger partial charge in [-0.2, -0.15) is 0 Å². The Morgan fingerprint density at radius 2 is 0.651 bits per heavy atom. The maximum absolute atomic E-state index is 11.7. The van der Waals surface area contributed by atoms with Gasteiger partial charge in [-0.05, 0) is 85.3 Å². The Hall–Kier alpha value is -2.44. The van der Waals surface area contributed by atoms with E-state index >= 15 is 0 Å². The van der Waals surface area contributed by atoms with Gasteiger partial charge in [0.15, 0.2) is 0 Å². The van der Waals surface area contributed by atoms with E-state index in [0.29, 0.717) is 11.5 Å². The molecule has 0 aliphatic carbocycles. The van der Waals surface area contributed by atoms with E-state index in [2.05, 4.69) is 13.8 Å². The van der Waals surface area contributed by atoms with Crippen LogP contribution in [0, 0.1) is 0 Å². The molecule has 0 atom stereocenters. The van der Waals surface area contributed by atoms with E-state index < -0.39 is 20.2 Å². The summed E-state index contributed by atoms with van der Waals surface area (Å²) < 4.78 is 81.7. The molecule has 0 bridgehead atoms. The first-order chi connectivity index (χ1) is 30.0. The Kier molecular flexibility index (Phi) is 30.6. The number of benzene rings is 4. The summed E-state index contributed by atoms with van der Waals surface area (Å²) in [5.74, 6) is 1.17. The van der Waals surface area contributed by atoms with Crippen LogP contribution in [0.4, 0.5) is 0 Å². The zero-order chi connectivity index (χ0) is 44.7. The van der Waals surface area contributed by atoms with Crippen LogP contribution in [0.1, 0.15) is 179 Å². The molecule has 0 aliphatic rings. The summed E-state index contributed by atoms with van der Waals surface area (Å²) in [6.45, 7) is 4.50. The van der Waals surface area contributed by atoms with Crippen molar-refractivity contribution < 1.29 is 35.4 Å². The van der Waals surface area contributed by atoms with Gasteiger partial charge in [-0.25, -0.2) is 16.8 Å².